The molecule has 0 heterocycles. The van der Waals surface area contributed by atoms with Crippen LogP contribution in [0.5, 0.6) is 0 Å². The molecule has 0 bridgehead atoms. The van der Waals surface area contributed by atoms with Crippen LogP contribution in [0.25, 0.3) is 0 Å². The van der Waals surface area contributed by atoms with Crippen molar-refractivity contribution in [3.63, 3.8) is 0 Å². The maximum absolute atomic E-state index is 6.38. The van der Waals surface area contributed by atoms with Gasteiger partial charge in [0.25, 0.3) is 0 Å². The molecule has 1 saturated carbocycles. The minimum atomic E-state index is 0. The highest BCUT2D eigenvalue weighted by Crippen LogP contribution is 2.40. The first kappa shape index (κ1) is 16.7. The second kappa shape index (κ2) is 7.55. The fraction of sp³-hybridized carbons (Fsp3) is 0.294. The van der Waals surface area contributed by atoms with Crippen LogP contribution in [-0.4, -0.2) is 0 Å². The van der Waals surface area contributed by atoms with Crippen molar-refractivity contribution in [1.82, 2.24) is 0 Å². The van der Waals surface area contributed by atoms with Crippen LogP contribution in [0.1, 0.15) is 30.9 Å². The Morgan fingerprint density at radius 3 is 2.43 bits per heavy atom. The molecule has 1 atom stereocenters. The van der Waals surface area contributed by atoms with Crippen LogP contribution in [-0.2, 0) is 0 Å². The van der Waals surface area contributed by atoms with Crippen molar-refractivity contribution in [2.24, 2.45) is 11.7 Å². The van der Waals surface area contributed by atoms with Gasteiger partial charge in [-0.1, -0.05) is 54.4 Å². The minimum absolute atomic E-state index is 0. The Bertz CT molecular complexity index is 582. The zero-order valence-electron chi connectivity index (χ0n) is 11.7. The van der Waals surface area contributed by atoms with Crippen LogP contribution in [0, 0.1) is 5.92 Å². The zero-order valence-corrected chi connectivity index (χ0v) is 14.1. The Labute approximate surface area is 141 Å². The Balaban J connectivity index is 0.00000161. The Morgan fingerprint density at radius 2 is 1.76 bits per heavy atom. The lowest BCUT2D eigenvalue weighted by Crippen LogP contribution is -2.11. The van der Waals surface area contributed by atoms with E-state index in [1.807, 2.05) is 12.1 Å². The third-order valence-electron chi connectivity index (χ3n) is 3.64. The Morgan fingerprint density at radius 1 is 1.10 bits per heavy atom. The van der Waals surface area contributed by atoms with Gasteiger partial charge in [-0.15, -0.1) is 12.4 Å². The average Bonchev–Trinajstić information content (AvgIpc) is 3.26. The summed E-state index contributed by atoms with van der Waals surface area (Å²) in [5, 5.41) is 0.771. The molecule has 0 saturated heterocycles. The quantitative estimate of drug-likeness (QED) is 0.754. The van der Waals surface area contributed by atoms with E-state index in [1.54, 1.807) is 11.8 Å². The first-order valence-electron chi connectivity index (χ1n) is 7.00. The SMILES string of the molecule is Cl.N[C@@H](CC1CC1)c1ccccc1Sc1ccc(Cl)cc1. The van der Waals surface area contributed by atoms with Crippen LogP contribution in [0.15, 0.2) is 58.3 Å². The average molecular weight is 340 g/mol. The number of halogens is 2. The number of rotatable bonds is 5. The number of hydrogen-bond donors (Lipinski definition) is 1. The molecular weight excluding hydrogens is 321 g/mol. The number of hydrogen-bond acceptors (Lipinski definition) is 2. The molecule has 21 heavy (non-hydrogen) atoms. The van der Waals surface area contributed by atoms with Gasteiger partial charge < -0.3 is 5.73 Å². The van der Waals surface area contributed by atoms with Crippen molar-refractivity contribution >= 4 is 35.8 Å². The summed E-state index contributed by atoms with van der Waals surface area (Å²) in [5.41, 5.74) is 7.64. The second-order valence-electron chi connectivity index (χ2n) is 5.38. The standard InChI is InChI=1S/C17H18ClNS.ClH/c18-13-7-9-14(10-8-13)20-17-4-2-1-3-15(17)16(19)11-12-5-6-12;/h1-4,7-10,12,16H,5-6,11,19H2;1H/t16-;/m0./s1. The van der Waals surface area contributed by atoms with Crippen molar-refractivity contribution < 1.29 is 0 Å². The number of benzene rings is 2. The molecule has 2 N–H and O–H groups in total. The maximum Gasteiger partial charge on any atom is 0.0406 e. The predicted molar refractivity (Wildman–Crippen MR) is 93.5 cm³/mol. The molecule has 2 aromatic rings. The highest BCUT2D eigenvalue weighted by atomic mass is 35.5. The molecule has 4 heteroatoms. The molecular formula is C17H19Cl2NS. The second-order valence-corrected chi connectivity index (χ2v) is 6.93. The van der Waals surface area contributed by atoms with E-state index in [9.17, 15) is 0 Å². The molecule has 1 fully saturated rings. The van der Waals surface area contributed by atoms with Gasteiger partial charge in [-0.25, -0.2) is 0 Å². The summed E-state index contributed by atoms with van der Waals surface area (Å²) in [7, 11) is 0. The van der Waals surface area contributed by atoms with Crippen molar-refractivity contribution in [3.05, 3.63) is 59.1 Å². The summed E-state index contributed by atoms with van der Waals surface area (Å²) < 4.78 is 0. The lowest BCUT2D eigenvalue weighted by Gasteiger charge is -2.16. The van der Waals surface area contributed by atoms with Gasteiger partial charge in [-0.05, 0) is 48.2 Å². The largest absolute Gasteiger partial charge is 0.324 e. The van der Waals surface area contributed by atoms with Gasteiger partial charge in [-0.3, -0.25) is 0 Å². The molecule has 0 aromatic heterocycles. The van der Waals surface area contributed by atoms with Crippen LogP contribution >= 0.6 is 35.8 Å². The van der Waals surface area contributed by atoms with Gasteiger partial charge in [0.05, 0.1) is 0 Å². The molecule has 1 aliphatic rings. The monoisotopic (exact) mass is 339 g/mol. The molecule has 1 aliphatic carbocycles. The van der Waals surface area contributed by atoms with Crippen LogP contribution in [0.2, 0.25) is 5.02 Å². The van der Waals surface area contributed by atoms with E-state index in [4.69, 9.17) is 17.3 Å². The van der Waals surface area contributed by atoms with Gasteiger partial charge in [0.2, 0.25) is 0 Å². The van der Waals surface area contributed by atoms with E-state index >= 15 is 0 Å². The van der Waals surface area contributed by atoms with Gasteiger partial charge in [0, 0.05) is 20.9 Å². The predicted octanol–water partition coefficient (Wildman–Crippen LogP) is 5.71. The molecule has 0 spiro atoms. The highest BCUT2D eigenvalue weighted by Gasteiger charge is 2.25. The van der Waals surface area contributed by atoms with Crippen LogP contribution < -0.4 is 5.73 Å². The van der Waals surface area contributed by atoms with E-state index < -0.39 is 0 Å². The fourth-order valence-electron chi connectivity index (χ4n) is 2.35. The third kappa shape index (κ3) is 4.65. The first-order chi connectivity index (χ1) is 9.72. The Hall–Kier alpha value is -0.670. The summed E-state index contributed by atoms with van der Waals surface area (Å²) >= 11 is 7.69. The van der Waals surface area contributed by atoms with E-state index in [0.29, 0.717) is 0 Å². The Kier molecular flexibility index (Phi) is 6.00. The normalized spacial score (nSPS) is 15.3. The van der Waals surface area contributed by atoms with Crippen molar-refractivity contribution in [2.45, 2.75) is 35.1 Å². The zero-order chi connectivity index (χ0) is 13.9. The summed E-state index contributed by atoms with van der Waals surface area (Å²) in [4.78, 5) is 2.45. The highest BCUT2D eigenvalue weighted by molar-refractivity contribution is 7.99. The lowest BCUT2D eigenvalue weighted by molar-refractivity contribution is 0.589. The topological polar surface area (TPSA) is 26.0 Å². The molecule has 0 aliphatic heterocycles. The summed E-state index contributed by atoms with van der Waals surface area (Å²) in [6.07, 6.45) is 3.80. The van der Waals surface area contributed by atoms with E-state index in [2.05, 4.69) is 36.4 Å². The van der Waals surface area contributed by atoms with Crippen molar-refractivity contribution in [2.75, 3.05) is 0 Å². The van der Waals surface area contributed by atoms with Gasteiger partial charge in [-0.2, -0.15) is 0 Å². The minimum Gasteiger partial charge on any atom is -0.324 e. The van der Waals surface area contributed by atoms with Crippen LogP contribution in [0.3, 0.4) is 0 Å². The summed E-state index contributed by atoms with van der Waals surface area (Å²) in [6.45, 7) is 0. The number of nitrogens with two attached hydrogens (primary N) is 1. The van der Waals surface area contributed by atoms with Gasteiger partial charge in [0.15, 0.2) is 0 Å². The molecule has 2 aromatic carbocycles. The van der Waals surface area contributed by atoms with Crippen LogP contribution in [0.4, 0.5) is 0 Å². The molecule has 0 radical (unpaired) electrons. The van der Waals surface area contributed by atoms with E-state index in [-0.39, 0.29) is 18.4 Å². The van der Waals surface area contributed by atoms with Crippen molar-refractivity contribution in [3.8, 4) is 0 Å². The lowest BCUT2D eigenvalue weighted by atomic mass is 10.0. The van der Waals surface area contributed by atoms with Gasteiger partial charge >= 0.3 is 0 Å². The van der Waals surface area contributed by atoms with E-state index in [0.717, 1.165) is 17.4 Å². The smallest absolute Gasteiger partial charge is 0.0406 e. The van der Waals surface area contributed by atoms with Crippen molar-refractivity contribution in [1.29, 1.82) is 0 Å². The fourth-order valence-corrected chi connectivity index (χ4v) is 3.49. The summed E-state index contributed by atoms with van der Waals surface area (Å²) in [6, 6.07) is 16.6. The molecule has 1 nitrogen and oxygen atoms in total. The molecule has 3 rings (SSSR count). The first-order valence-corrected chi connectivity index (χ1v) is 8.20. The molecule has 112 valence electrons. The summed E-state index contributed by atoms with van der Waals surface area (Å²) in [5.74, 6) is 0.846. The molecule has 0 amide bonds. The van der Waals surface area contributed by atoms with Gasteiger partial charge in [0.1, 0.15) is 0 Å². The maximum atomic E-state index is 6.38. The molecule has 0 unspecified atom stereocenters. The van der Waals surface area contributed by atoms with E-state index in [1.165, 1.54) is 28.2 Å². The third-order valence-corrected chi connectivity index (χ3v) is 5.00.